The summed E-state index contributed by atoms with van der Waals surface area (Å²) in [5.74, 6) is -1.29. The van der Waals surface area contributed by atoms with Gasteiger partial charge in [-0.05, 0) is 24.6 Å². The van der Waals surface area contributed by atoms with E-state index in [1.165, 1.54) is 12.1 Å². The molecule has 7 heteroatoms. The Morgan fingerprint density at radius 3 is 1.93 bits per heavy atom. The van der Waals surface area contributed by atoms with Crippen LogP contribution in [-0.4, -0.2) is 38.1 Å². The molecule has 0 bridgehead atoms. The van der Waals surface area contributed by atoms with E-state index >= 15 is 0 Å². The van der Waals surface area contributed by atoms with E-state index in [4.69, 9.17) is 10.2 Å². The predicted molar refractivity (Wildman–Crippen MR) is 54.3 cm³/mol. The molecule has 0 amide bonds. The number of benzene rings is 1. The third-order valence-corrected chi connectivity index (χ3v) is 1.38. The van der Waals surface area contributed by atoms with Gasteiger partial charge in [0.05, 0.1) is 0 Å². The monoisotopic (exact) mass is 224 g/mol. The van der Waals surface area contributed by atoms with E-state index < -0.39 is 5.97 Å². The van der Waals surface area contributed by atoms with E-state index in [1.807, 2.05) is 0 Å². The molecule has 0 radical (unpaired) electrons. The zero-order chi connectivity index (χ0) is 8.43. The third kappa shape index (κ3) is 5.60. The molecule has 0 saturated carbocycles. The van der Waals surface area contributed by atoms with E-state index in [0.29, 0.717) is 0 Å². The van der Waals surface area contributed by atoms with Crippen molar-refractivity contribution < 1.29 is 36.9 Å². The van der Waals surface area contributed by atoms with E-state index in [-0.39, 0.29) is 33.2 Å². The summed E-state index contributed by atoms with van der Waals surface area (Å²) in [7, 11) is 0. The number of hydrogen-bond donors (Lipinski definition) is 2. The van der Waals surface area contributed by atoms with Crippen LogP contribution < -0.4 is 0 Å². The minimum absolute atomic E-state index is 0. The fourth-order valence-corrected chi connectivity index (χ4v) is 0.823. The standard InChI is InChI=1S/C8H8O3.4H2O/c1-5-2-3-6(8(10)11)7(9)4-5;;;;/h2-4,9H,1H3,(H,10,11);4*1H2. The topological polar surface area (TPSA) is 184 Å². The van der Waals surface area contributed by atoms with Gasteiger partial charge in [0.25, 0.3) is 0 Å². The molecule has 0 atom stereocenters. The largest absolute Gasteiger partial charge is 0.507 e. The molecule has 0 heterocycles. The number of aromatic hydroxyl groups is 1. The van der Waals surface area contributed by atoms with Gasteiger partial charge in [0.15, 0.2) is 0 Å². The second-order valence-corrected chi connectivity index (χ2v) is 2.33. The summed E-state index contributed by atoms with van der Waals surface area (Å²) in [6.45, 7) is 1.78. The highest BCUT2D eigenvalue weighted by Gasteiger charge is 2.07. The number of carboxylic acid groups (broad SMARTS) is 1. The highest BCUT2D eigenvalue weighted by molar-refractivity contribution is 5.90. The van der Waals surface area contributed by atoms with Crippen molar-refractivity contribution in [3.8, 4) is 5.75 Å². The second-order valence-electron chi connectivity index (χ2n) is 2.33. The molecule has 1 rings (SSSR count). The Morgan fingerprint density at radius 2 is 1.60 bits per heavy atom. The van der Waals surface area contributed by atoms with Crippen LogP contribution in [0.5, 0.6) is 5.75 Å². The average Bonchev–Trinajstić information content (AvgIpc) is 1.85. The predicted octanol–water partition coefficient (Wildman–Crippen LogP) is -1.90. The number of aryl methyl sites for hydroxylation is 1. The first-order chi connectivity index (χ1) is 5.11. The summed E-state index contributed by atoms with van der Waals surface area (Å²) in [5.41, 5.74) is 0.781. The van der Waals surface area contributed by atoms with Crippen molar-refractivity contribution >= 4 is 5.97 Å². The highest BCUT2D eigenvalue weighted by atomic mass is 16.4. The number of phenols is 1. The van der Waals surface area contributed by atoms with Crippen LogP contribution in [0.4, 0.5) is 0 Å². The lowest BCUT2D eigenvalue weighted by Crippen LogP contribution is -1.96. The molecule has 0 aliphatic heterocycles. The first kappa shape index (κ1) is 23.3. The van der Waals surface area contributed by atoms with Crippen LogP contribution in [0.15, 0.2) is 18.2 Å². The third-order valence-electron chi connectivity index (χ3n) is 1.38. The van der Waals surface area contributed by atoms with Crippen LogP contribution in [0.2, 0.25) is 0 Å². The molecule has 0 saturated heterocycles. The lowest BCUT2D eigenvalue weighted by atomic mass is 10.1. The van der Waals surface area contributed by atoms with Gasteiger partial charge in [0.2, 0.25) is 0 Å². The molecule has 10 N–H and O–H groups in total. The summed E-state index contributed by atoms with van der Waals surface area (Å²) in [6.07, 6.45) is 0. The maximum absolute atomic E-state index is 10.4. The molecular weight excluding hydrogens is 208 g/mol. The van der Waals surface area contributed by atoms with Gasteiger partial charge in [-0.1, -0.05) is 6.07 Å². The summed E-state index contributed by atoms with van der Waals surface area (Å²) in [4.78, 5) is 10.4. The van der Waals surface area contributed by atoms with Crippen LogP contribution in [-0.2, 0) is 0 Å². The molecule has 1 aromatic carbocycles. The van der Waals surface area contributed by atoms with Crippen molar-refractivity contribution in [1.82, 2.24) is 0 Å². The van der Waals surface area contributed by atoms with Crippen molar-refractivity contribution in [3.63, 3.8) is 0 Å². The lowest BCUT2D eigenvalue weighted by molar-refractivity contribution is 0.0693. The number of carbonyl (C=O) groups is 1. The van der Waals surface area contributed by atoms with Gasteiger partial charge in [-0.3, -0.25) is 0 Å². The number of hydrogen-bond acceptors (Lipinski definition) is 2. The van der Waals surface area contributed by atoms with Gasteiger partial charge >= 0.3 is 5.97 Å². The minimum Gasteiger partial charge on any atom is -0.507 e. The average molecular weight is 224 g/mol. The summed E-state index contributed by atoms with van der Waals surface area (Å²) >= 11 is 0. The Balaban J connectivity index is -0.000000151. The quantitative estimate of drug-likeness (QED) is 0.565. The Labute approximate surface area is 85.8 Å². The minimum atomic E-state index is -1.11. The number of rotatable bonds is 1. The molecule has 1 aromatic rings. The molecule has 0 aromatic heterocycles. The van der Waals surface area contributed by atoms with Gasteiger partial charge in [0, 0.05) is 0 Å². The smallest absolute Gasteiger partial charge is 0.339 e. The molecule has 0 unspecified atom stereocenters. The van der Waals surface area contributed by atoms with Crippen LogP contribution in [0.3, 0.4) is 0 Å². The first-order valence-electron chi connectivity index (χ1n) is 3.14. The Kier molecular flexibility index (Phi) is 13.8. The molecule has 0 aliphatic rings. The SMILES string of the molecule is Cc1ccc(C(=O)O)c(O)c1.O.O.O.O. The van der Waals surface area contributed by atoms with Crippen molar-refractivity contribution in [2.24, 2.45) is 0 Å². The Morgan fingerprint density at radius 1 is 1.13 bits per heavy atom. The number of aromatic carboxylic acids is 1. The van der Waals surface area contributed by atoms with Crippen molar-refractivity contribution in [1.29, 1.82) is 0 Å². The summed E-state index contributed by atoms with van der Waals surface area (Å²) in [6, 6.07) is 4.44. The first-order valence-corrected chi connectivity index (χ1v) is 3.14. The van der Waals surface area contributed by atoms with E-state index in [9.17, 15) is 4.79 Å². The summed E-state index contributed by atoms with van der Waals surface area (Å²) < 4.78 is 0. The zero-order valence-corrected chi connectivity index (χ0v) is 8.03. The van der Waals surface area contributed by atoms with Crippen molar-refractivity contribution in [2.75, 3.05) is 0 Å². The molecular formula is C8H16O7. The molecule has 15 heavy (non-hydrogen) atoms. The molecule has 0 spiro atoms. The fourth-order valence-electron chi connectivity index (χ4n) is 0.823. The molecule has 7 nitrogen and oxygen atoms in total. The van der Waals surface area contributed by atoms with E-state index in [0.717, 1.165) is 5.56 Å². The zero-order valence-electron chi connectivity index (χ0n) is 8.03. The molecule has 0 aliphatic carbocycles. The number of carboxylic acids is 1. The molecule has 0 fully saturated rings. The second kappa shape index (κ2) is 8.91. The van der Waals surface area contributed by atoms with Crippen LogP contribution in [0, 0.1) is 6.92 Å². The van der Waals surface area contributed by atoms with Gasteiger partial charge in [-0.15, -0.1) is 0 Å². The highest BCUT2D eigenvalue weighted by Crippen LogP contribution is 2.17. The van der Waals surface area contributed by atoms with E-state index in [1.54, 1.807) is 13.0 Å². The molecule has 90 valence electrons. The maximum Gasteiger partial charge on any atom is 0.339 e. The van der Waals surface area contributed by atoms with Gasteiger partial charge < -0.3 is 32.1 Å². The fraction of sp³-hybridized carbons (Fsp3) is 0.125. The normalized spacial score (nSPS) is 7.00. The van der Waals surface area contributed by atoms with Gasteiger partial charge in [-0.2, -0.15) is 0 Å². The van der Waals surface area contributed by atoms with Crippen molar-refractivity contribution in [2.45, 2.75) is 6.92 Å². The van der Waals surface area contributed by atoms with Crippen LogP contribution in [0.25, 0.3) is 0 Å². The Bertz CT molecular complexity index is 297. The van der Waals surface area contributed by atoms with Crippen molar-refractivity contribution in [3.05, 3.63) is 29.3 Å². The van der Waals surface area contributed by atoms with Gasteiger partial charge in [-0.25, -0.2) is 4.79 Å². The van der Waals surface area contributed by atoms with Crippen LogP contribution >= 0.6 is 0 Å². The lowest BCUT2D eigenvalue weighted by Gasteiger charge is -1.98. The van der Waals surface area contributed by atoms with Crippen LogP contribution in [0.1, 0.15) is 15.9 Å². The summed E-state index contributed by atoms with van der Waals surface area (Å²) in [5, 5.41) is 17.6. The Hall–Kier alpha value is -1.67. The van der Waals surface area contributed by atoms with Gasteiger partial charge in [0.1, 0.15) is 11.3 Å². The maximum atomic E-state index is 10.4. The van der Waals surface area contributed by atoms with E-state index in [2.05, 4.69) is 0 Å².